The minimum Gasteiger partial charge on any atom is -0.383 e. The lowest BCUT2D eigenvalue weighted by Gasteiger charge is -2.19. The zero-order valence-electron chi connectivity index (χ0n) is 9.56. The fraction of sp³-hybridized carbons (Fsp3) is 0.625. The largest absolute Gasteiger partial charge is 0.383 e. The molecule has 1 unspecified atom stereocenters. The van der Waals surface area contributed by atoms with E-state index in [1.807, 2.05) is 25.9 Å². The SMILES string of the molecule is CC(CNS(=O)(=O)c1cn[nH]c1N)N(C)C. The van der Waals surface area contributed by atoms with Gasteiger partial charge < -0.3 is 10.6 Å². The maximum Gasteiger partial charge on any atom is 0.245 e. The Morgan fingerprint density at radius 3 is 2.69 bits per heavy atom. The van der Waals surface area contributed by atoms with Crippen LogP contribution in [0, 0.1) is 0 Å². The molecule has 1 atom stereocenters. The Morgan fingerprint density at radius 1 is 1.62 bits per heavy atom. The highest BCUT2D eigenvalue weighted by Gasteiger charge is 2.20. The van der Waals surface area contributed by atoms with E-state index in [2.05, 4.69) is 14.9 Å². The van der Waals surface area contributed by atoms with Crippen LogP contribution in [0.4, 0.5) is 5.82 Å². The maximum atomic E-state index is 11.8. The van der Waals surface area contributed by atoms with Gasteiger partial charge in [0.2, 0.25) is 10.0 Å². The summed E-state index contributed by atoms with van der Waals surface area (Å²) >= 11 is 0. The van der Waals surface area contributed by atoms with Crippen LogP contribution < -0.4 is 10.5 Å². The Labute approximate surface area is 95.1 Å². The number of nitrogens with two attached hydrogens (primary N) is 1. The summed E-state index contributed by atoms with van der Waals surface area (Å²) < 4.78 is 26.0. The van der Waals surface area contributed by atoms with Crippen molar-refractivity contribution in [1.29, 1.82) is 0 Å². The summed E-state index contributed by atoms with van der Waals surface area (Å²) in [7, 11) is 0.189. The predicted octanol–water partition coefficient (Wildman–Crippen LogP) is -0.780. The third-order valence-corrected chi connectivity index (χ3v) is 3.82. The molecular weight excluding hydrogens is 230 g/mol. The third-order valence-electron chi connectivity index (χ3n) is 2.37. The first-order valence-corrected chi connectivity index (χ1v) is 6.28. The number of nitrogens with zero attached hydrogens (tertiary/aromatic N) is 2. The van der Waals surface area contributed by atoms with Crippen LogP contribution in [-0.2, 0) is 10.0 Å². The molecule has 0 radical (unpaired) electrons. The van der Waals surface area contributed by atoms with E-state index in [1.54, 1.807) is 0 Å². The van der Waals surface area contributed by atoms with Crippen LogP contribution in [0.3, 0.4) is 0 Å². The minimum atomic E-state index is -3.57. The number of anilines is 1. The average Bonchev–Trinajstić information content (AvgIpc) is 2.61. The lowest BCUT2D eigenvalue weighted by molar-refractivity contribution is 0.314. The number of hydrogen-bond donors (Lipinski definition) is 3. The van der Waals surface area contributed by atoms with Gasteiger partial charge in [0.15, 0.2) is 0 Å². The second-order valence-corrected chi connectivity index (χ2v) is 5.55. The number of hydrogen-bond acceptors (Lipinski definition) is 5. The van der Waals surface area contributed by atoms with Crippen molar-refractivity contribution in [3.63, 3.8) is 0 Å². The Balaban J connectivity index is 2.71. The fourth-order valence-corrected chi connectivity index (χ4v) is 2.13. The molecule has 0 aliphatic carbocycles. The normalized spacial score (nSPS) is 14.2. The van der Waals surface area contributed by atoms with Gasteiger partial charge in [0.1, 0.15) is 10.7 Å². The van der Waals surface area contributed by atoms with E-state index in [-0.39, 0.29) is 16.8 Å². The third kappa shape index (κ3) is 2.94. The molecule has 0 aliphatic rings. The van der Waals surface area contributed by atoms with Crippen LogP contribution in [0.2, 0.25) is 0 Å². The monoisotopic (exact) mass is 247 g/mol. The van der Waals surface area contributed by atoms with Gasteiger partial charge in [-0.1, -0.05) is 0 Å². The first-order valence-electron chi connectivity index (χ1n) is 4.79. The number of rotatable bonds is 5. The van der Waals surface area contributed by atoms with Gasteiger partial charge in [-0.3, -0.25) is 5.10 Å². The molecule has 0 spiro atoms. The fourth-order valence-electron chi connectivity index (χ4n) is 0.990. The van der Waals surface area contributed by atoms with Gasteiger partial charge in [-0.25, -0.2) is 13.1 Å². The molecule has 0 bridgehead atoms. The Morgan fingerprint density at radius 2 is 2.25 bits per heavy atom. The van der Waals surface area contributed by atoms with E-state index >= 15 is 0 Å². The molecule has 1 rings (SSSR count). The average molecular weight is 247 g/mol. The van der Waals surface area contributed by atoms with Crippen LogP contribution in [0.15, 0.2) is 11.1 Å². The highest BCUT2D eigenvalue weighted by molar-refractivity contribution is 7.89. The Bertz CT molecular complexity index is 439. The number of aromatic nitrogens is 2. The van der Waals surface area contributed by atoms with Crippen LogP contribution in [0.1, 0.15) is 6.92 Å². The summed E-state index contributed by atoms with van der Waals surface area (Å²) in [5, 5.41) is 5.95. The molecule has 1 aromatic heterocycles. The first kappa shape index (κ1) is 12.9. The van der Waals surface area contributed by atoms with Gasteiger partial charge in [0, 0.05) is 12.6 Å². The van der Waals surface area contributed by atoms with Gasteiger partial charge >= 0.3 is 0 Å². The highest BCUT2D eigenvalue weighted by Crippen LogP contribution is 2.13. The van der Waals surface area contributed by atoms with Crippen molar-refractivity contribution in [1.82, 2.24) is 19.8 Å². The lowest BCUT2D eigenvalue weighted by atomic mass is 10.3. The van der Waals surface area contributed by atoms with Crippen molar-refractivity contribution in [3.8, 4) is 0 Å². The van der Waals surface area contributed by atoms with E-state index < -0.39 is 10.0 Å². The standard InChI is InChI=1S/C8H17N5O2S/c1-6(13(2)3)4-11-16(14,15)7-5-10-12-8(7)9/h5-6,11H,4H2,1-3H3,(H3,9,10,12). The number of nitrogen functional groups attached to an aromatic ring is 1. The van der Waals surface area contributed by atoms with Crippen molar-refractivity contribution in [2.24, 2.45) is 0 Å². The molecule has 4 N–H and O–H groups in total. The van der Waals surface area contributed by atoms with Crippen LogP contribution in [0.25, 0.3) is 0 Å². The molecule has 0 saturated heterocycles. The van der Waals surface area contributed by atoms with Crippen molar-refractivity contribution < 1.29 is 8.42 Å². The van der Waals surface area contributed by atoms with E-state index in [9.17, 15) is 8.42 Å². The maximum absolute atomic E-state index is 11.8. The molecular formula is C8H17N5O2S. The number of aromatic amines is 1. The van der Waals surface area contributed by atoms with Gasteiger partial charge in [-0.05, 0) is 21.0 Å². The topological polar surface area (TPSA) is 104 Å². The molecule has 1 aromatic rings. The second kappa shape index (κ2) is 4.81. The molecule has 8 heteroatoms. The number of nitrogens with one attached hydrogen (secondary N) is 2. The minimum absolute atomic E-state index is 0.0153. The molecule has 16 heavy (non-hydrogen) atoms. The highest BCUT2D eigenvalue weighted by atomic mass is 32.2. The molecule has 0 saturated carbocycles. The van der Waals surface area contributed by atoms with Crippen LogP contribution in [-0.4, -0.2) is 50.2 Å². The smallest absolute Gasteiger partial charge is 0.245 e. The zero-order valence-corrected chi connectivity index (χ0v) is 10.4. The summed E-state index contributed by atoms with van der Waals surface area (Å²) in [6.45, 7) is 2.24. The zero-order chi connectivity index (χ0) is 12.3. The van der Waals surface area contributed by atoms with Crippen molar-refractivity contribution in [3.05, 3.63) is 6.20 Å². The van der Waals surface area contributed by atoms with Crippen molar-refractivity contribution >= 4 is 15.8 Å². The summed E-state index contributed by atoms with van der Waals surface area (Å²) in [5.74, 6) is 0.0463. The quantitative estimate of drug-likeness (QED) is 0.633. The molecule has 0 aromatic carbocycles. The summed E-state index contributed by atoms with van der Waals surface area (Å²) in [6, 6.07) is 0.0999. The van der Waals surface area contributed by atoms with Gasteiger partial charge in [-0.15, -0.1) is 0 Å². The summed E-state index contributed by atoms with van der Waals surface area (Å²) in [6.07, 6.45) is 1.19. The number of likely N-dealkylation sites (N-methyl/N-ethyl adjacent to an activating group) is 1. The number of sulfonamides is 1. The molecule has 1 heterocycles. The molecule has 0 amide bonds. The van der Waals surface area contributed by atoms with Crippen LogP contribution in [0.5, 0.6) is 0 Å². The van der Waals surface area contributed by atoms with Gasteiger partial charge in [0.05, 0.1) is 6.20 Å². The van der Waals surface area contributed by atoms with Gasteiger partial charge in [-0.2, -0.15) is 5.10 Å². The van der Waals surface area contributed by atoms with E-state index in [1.165, 1.54) is 6.20 Å². The lowest BCUT2D eigenvalue weighted by Crippen LogP contribution is -2.38. The molecule has 92 valence electrons. The van der Waals surface area contributed by atoms with Gasteiger partial charge in [0.25, 0.3) is 0 Å². The van der Waals surface area contributed by atoms with E-state index in [0.29, 0.717) is 6.54 Å². The predicted molar refractivity (Wildman–Crippen MR) is 61.3 cm³/mol. The molecule has 0 fully saturated rings. The van der Waals surface area contributed by atoms with Crippen molar-refractivity contribution in [2.45, 2.75) is 17.9 Å². The van der Waals surface area contributed by atoms with Crippen LogP contribution >= 0.6 is 0 Å². The second-order valence-electron chi connectivity index (χ2n) is 3.81. The number of H-pyrrole nitrogens is 1. The Hall–Kier alpha value is -1.12. The summed E-state index contributed by atoms with van der Waals surface area (Å²) in [5.41, 5.74) is 5.45. The van der Waals surface area contributed by atoms with E-state index in [4.69, 9.17) is 5.73 Å². The van der Waals surface area contributed by atoms with Crippen molar-refractivity contribution in [2.75, 3.05) is 26.4 Å². The Kier molecular flexibility index (Phi) is 3.89. The molecule has 0 aliphatic heterocycles. The van der Waals surface area contributed by atoms with E-state index in [0.717, 1.165) is 0 Å². The first-order chi connectivity index (χ1) is 7.34. The summed E-state index contributed by atoms with van der Waals surface area (Å²) in [4.78, 5) is 1.90. The molecule has 7 nitrogen and oxygen atoms in total.